The summed E-state index contributed by atoms with van der Waals surface area (Å²) in [6.07, 6.45) is 2.21. The van der Waals surface area contributed by atoms with Crippen LogP contribution in [0, 0.1) is 0 Å². The van der Waals surface area contributed by atoms with Crippen molar-refractivity contribution in [3.8, 4) is 11.5 Å². The van der Waals surface area contributed by atoms with Gasteiger partial charge in [-0.05, 0) is 18.9 Å². The van der Waals surface area contributed by atoms with Gasteiger partial charge in [0.1, 0.15) is 17.4 Å². The Balaban J connectivity index is 1.60. The summed E-state index contributed by atoms with van der Waals surface area (Å²) in [6.45, 7) is 2.81. The molecule has 28 heavy (non-hydrogen) atoms. The van der Waals surface area contributed by atoms with Crippen LogP contribution in [0.15, 0.2) is 36.7 Å². The van der Waals surface area contributed by atoms with Crippen LogP contribution in [0.25, 0.3) is 11.5 Å². The number of nitrogens with one attached hydrogen (secondary N) is 2. The lowest BCUT2D eigenvalue weighted by molar-refractivity contribution is -0.136. The van der Waals surface area contributed by atoms with E-state index in [1.165, 1.54) is 11.9 Å². The third-order valence-corrected chi connectivity index (χ3v) is 4.97. The number of H-pyrrole nitrogens is 1. The topological polar surface area (TPSA) is 109 Å². The van der Waals surface area contributed by atoms with Crippen LogP contribution in [0.1, 0.15) is 34.8 Å². The first-order chi connectivity index (χ1) is 13.6. The van der Waals surface area contributed by atoms with E-state index in [1.807, 2.05) is 25.1 Å². The second kappa shape index (κ2) is 7.26. The maximum absolute atomic E-state index is 12.9. The molecule has 2 amide bonds. The van der Waals surface area contributed by atoms with E-state index in [0.717, 1.165) is 6.42 Å². The molecule has 2 N–H and O–H groups in total. The number of hydrogen-bond acceptors (Lipinski definition) is 5. The predicted molar refractivity (Wildman–Crippen MR) is 101 cm³/mol. The van der Waals surface area contributed by atoms with Gasteiger partial charge in [0.25, 0.3) is 5.91 Å². The van der Waals surface area contributed by atoms with Gasteiger partial charge in [0.2, 0.25) is 5.91 Å². The molecule has 2 aromatic heterocycles. The molecule has 1 aromatic carbocycles. The molecule has 0 saturated heterocycles. The van der Waals surface area contributed by atoms with Crippen LogP contribution >= 0.6 is 0 Å². The number of aromatic nitrogens is 5. The van der Waals surface area contributed by atoms with Crippen LogP contribution in [0.3, 0.4) is 0 Å². The average Bonchev–Trinajstić information content (AvgIpc) is 3.36. The normalized spacial score (nSPS) is 16.1. The molecule has 1 atom stereocenters. The maximum atomic E-state index is 12.9. The van der Waals surface area contributed by atoms with Crippen molar-refractivity contribution >= 4 is 11.8 Å². The number of benzene rings is 1. The van der Waals surface area contributed by atoms with Crippen molar-refractivity contribution in [1.82, 2.24) is 34.9 Å². The SMILES string of the molecule is CNC(=O)c1[nH]cnc1-c1nnc2n1[C@@H](C)C(=O)N(CCc1ccccc1)C2. The molecule has 4 rings (SSSR count). The van der Waals surface area contributed by atoms with E-state index >= 15 is 0 Å². The fourth-order valence-corrected chi connectivity index (χ4v) is 3.48. The summed E-state index contributed by atoms with van der Waals surface area (Å²) in [5, 5.41) is 11.1. The van der Waals surface area contributed by atoms with E-state index in [2.05, 4.69) is 37.6 Å². The van der Waals surface area contributed by atoms with Crippen molar-refractivity contribution in [2.24, 2.45) is 0 Å². The molecule has 0 unspecified atom stereocenters. The molecule has 1 aliphatic rings. The minimum Gasteiger partial charge on any atom is -0.354 e. The summed E-state index contributed by atoms with van der Waals surface area (Å²) in [4.78, 5) is 33.9. The van der Waals surface area contributed by atoms with Gasteiger partial charge in [-0.1, -0.05) is 30.3 Å². The van der Waals surface area contributed by atoms with Gasteiger partial charge in [-0.25, -0.2) is 4.98 Å². The molecule has 3 aromatic rings. The van der Waals surface area contributed by atoms with E-state index in [0.29, 0.717) is 36.1 Å². The number of carbonyl (C=O) groups excluding carboxylic acids is 2. The van der Waals surface area contributed by atoms with Gasteiger partial charge in [0.05, 0.1) is 12.9 Å². The largest absolute Gasteiger partial charge is 0.354 e. The molecule has 0 aliphatic carbocycles. The van der Waals surface area contributed by atoms with Gasteiger partial charge >= 0.3 is 0 Å². The summed E-state index contributed by atoms with van der Waals surface area (Å²) in [7, 11) is 1.54. The lowest BCUT2D eigenvalue weighted by Gasteiger charge is -2.32. The maximum Gasteiger partial charge on any atom is 0.269 e. The summed E-state index contributed by atoms with van der Waals surface area (Å²) >= 11 is 0. The Labute approximate surface area is 161 Å². The minimum atomic E-state index is -0.473. The Kier molecular flexibility index (Phi) is 4.64. The zero-order valence-electron chi connectivity index (χ0n) is 15.7. The zero-order chi connectivity index (χ0) is 19.7. The molecular formula is C19H21N7O2. The summed E-state index contributed by atoms with van der Waals surface area (Å²) in [6, 6.07) is 9.59. The number of aromatic amines is 1. The summed E-state index contributed by atoms with van der Waals surface area (Å²) in [5.74, 6) is 0.796. The van der Waals surface area contributed by atoms with Gasteiger partial charge in [-0.15, -0.1) is 10.2 Å². The number of hydrogen-bond donors (Lipinski definition) is 2. The molecule has 1 aliphatic heterocycles. The Morgan fingerprint density at radius 1 is 1.29 bits per heavy atom. The minimum absolute atomic E-state index is 0.00140. The van der Waals surface area contributed by atoms with Gasteiger partial charge in [0, 0.05) is 13.6 Å². The van der Waals surface area contributed by atoms with Gasteiger partial charge in [-0.2, -0.15) is 0 Å². The lowest BCUT2D eigenvalue weighted by atomic mass is 10.1. The van der Waals surface area contributed by atoms with Crippen molar-refractivity contribution < 1.29 is 9.59 Å². The van der Waals surface area contributed by atoms with Crippen LogP contribution in [0.5, 0.6) is 0 Å². The van der Waals surface area contributed by atoms with Crippen LogP contribution in [-0.4, -0.2) is 55.0 Å². The highest BCUT2D eigenvalue weighted by Crippen LogP contribution is 2.28. The highest BCUT2D eigenvalue weighted by atomic mass is 16.2. The quantitative estimate of drug-likeness (QED) is 0.692. The number of imidazole rings is 1. The fourth-order valence-electron chi connectivity index (χ4n) is 3.48. The zero-order valence-corrected chi connectivity index (χ0v) is 15.7. The number of rotatable bonds is 5. The third kappa shape index (κ3) is 3.04. The van der Waals surface area contributed by atoms with E-state index in [-0.39, 0.29) is 11.8 Å². The average molecular weight is 379 g/mol. The van der Waals surface area contributed by atoms with Crippen molar-refractivity contribution in [3.05, 3.63) is 53.7 Å². The third-order valence-electron chi connectivity index (χ3n) is 4.97. The molecular weight excluding hydrogens is 358 g/mol. The van der Waals surface area contributed by atoms with Crippen molar-refractivity contribution in [2.75, 3.05) is 13.6 Å². The Morgan fingerprint density at radius 2 is 2.07 bits per heavy atom. The first-order valence-corrected chi connectivity index (χ1v) is 9.12. The van der Waals surface area contributed by atoms with E-state index in [4.69, 9.17) is 0 Å². The van der Waals surface area contributed by atoms with E-state index < -0.39 is 6.04 Å². The molecule has 0 bridgehead atoms. The molecule has 9 nitrogen and oxygen atoms in total. The molecule has 144 valence electrons. The molecule has 3 heterocycles. The first-order valence-electron chi connectivity index (χ1n) is 9.12. The first kappa shape index (κ1) is 17.9. The van der Waals surface area contributed by atoms with Crippen LogP contribution in [-0.2, 0) is 17.8 Å². The van der Waals surface area contributed by atoms with Crippen molar-refractivity contribution in [2.45, 2.75) is 25.9 Å². The van der Waals surface area contributed by atoms with E-state index in [9.17, 15) is 9.59 Å². The number of nitrogens with zero attached hydrogens (tertiary/aromatic N) is 5. The number of amides is 2. The standard InChI is InChI=1S/C19H21N7O2/c1-12-19(28)25(9-8-13-6-4-3-5-7-13)10-14-23-24-17(26(12)14)15-16(18(27)20-2)22-11-21-15/h3-7,11-12H,8-10H2,1-2H3,(H,20,27)(H,21,22)/t12-/m0/s1. The van der Waals surface area contributed by atoms with Crippen LogP contribution in [0.4, 0.5) is 0 Å². The predicted octanol–water partition coefficient (Wildman–Crippen LogP) is 1.17. The van der Waals surface area contributed by atoms with Gasteiger partial charge < -0.3 is 15.2 Å². The van der Waals surface area contributed by atoms with Crippen LogP contribution < -0.4 is 5.32 Å². The Morgan fingerprint density at radius 3 is 2.82 bits per heavy atom. The molecule has 9 heteroatoms. The number of fused-ring (bicyclic) bond motifs is 1. The van der Waals surface area contributed by atoms with Gasteiger partial charge in [0.15, 0.2) is 11.6 Å². The molecule has 0 fully saturated rings. The summed E-state index contributed by atoms with van der Waals surface area (Å²) < 4.78 is 1.77. The van der Waals surface area contributed by atoms with E-state index in [1.54, 1.807) is 16.5 Å². The highest BCUT2D eigenvalue weighted by molar-refractivity contribution is 5.97. The van der Waals surface area contributed by atoms with Gasteiger partial charge in [-0.3, -0.25) is 14.2 Å². The monoisotopic (exact) mass is 379 g/mol. The summed E-state index contributed by atoms with van der Waals surface area (Å²) in [5.41, 5.74) is 1.86. The fraction of sp³-hybridized carbons (Fsp3) is 0.316. The second-order valence-corrected chi connectivity index (χ2v) is 6.69. The molecule has 0 saturated carbocycles. The molecule has 0 radical (unpaired) electrons. The van der Waals surface area contributed by atoms with Crippen molar-refractivity contribution in [3.63, 3.8) is 0 Å². The number of carbonyl (C=O) groups is 2. The lowest BCUT2D eigenvalue weighted by Crippen LogP contribution is -2.42. The Hall–Kier alpha value is -3.49. The second-order valence-electron chi connectivity index (χ2n) is 6.69. The van der Waals surface area contributed by atoms with Crippen molar-refractivity contribution in [1.29, 1.82) is 0 Å². The molecule has 0 spiro atoms. The smallest absolute Gasteiger partial charge is 0.269 e. The highest BCUT2D eigenvalue weighted by Gasteiger charge is 2.34. The van der Waals surface area contributed by atoms with Crippen LogP contribution in [0.2, 0.25) is 0 Å². The Bertz CT molecular complexity index is 1010.